The van der Waals surface area contributed by atoms with Gasteiger partial charge in [0.25, 0.3) is 0 Å². The first-order valence-electron chi connectivity index (χ1n) is 8.05. The first kappa shape index (κ1) is 16.4. The van der Waals surface area contributed by atoms with E-state index in [1.807, 2.05) is 36.4 Å². The number of fused-ring (bicyclic) bond motifs is 1. The molecule has 1 N–H and O–H groups in total. The van der Waals surface area contributed by atoms with Gasteiger partial charge in [0.2, 0.25) is 5.82 Å². The SMILES string of the molecule is O=[N+]([O-])c1c(Nc2ccccn2)ncnc1Oc1cccc2ccccc12. The molecule has 8 nitrogen and oxygen atoms in total. The monoisotopic (exact) mass is 359 g/mol. The van der Waals surface area contributed by atoms with E-state index >= 15 is 0 Å². The molecule has 132 valence electrons. The van der Waals surface area contributed by atoms with Gasteiger partial charge in [-0.25, -0.2) is 9.97 Å². The molecule has 0 atom stereocenters. The molecule has 2 heterocycles. The number of nitro groups is 1. The number of nitrogens with one attached hydrogen (secondary N) is 1. The molecule has 0 radical (unpaired) electrons. The Morgan fingerprint density at radius 1 is 0.926 bits per heavy atom. The van der Waals surface area contributed by atoms with Gasteiger partial charge in [-0.3, -0.25) is 10.1 Å². The summed E-state index contributed by atoms with van der Waals surface area (Å²) in [6.07, 6.45) is 2.78. The van der Waals surface area contributed by atoms with E-state index in [1.54, 1.807) is 30.5 Å². The molecule has 0 bridgehead atoms. The molecule has 0 unspecified atom stereocenters. The fraction of sp³-hybridized carbons (Fsp3) is 0. The van der Waals surface area contributed by atoms with Crippen LogP contribution >= 0.6 is 0 Å². The van der Waals surface area contributed by atoms with Gasteiger partial charge in [0.1, 0.15) is 17.9 Å². The van der Waals surface area contributed by atoms with E-state index in [0.717, 1.165) is 10.8 Å². The molecular weight excluding hydrogens is 346 g/mol. The molecule has 8 heteroatoms. The number of benzene rings is 2. The maximum absolute atomic E-state index is 11.7. The second-order valence-electron chi connectivity index (χ2n) is 5.55. The zero-order valence-electron chi connectivity index (χ0n) is 13.9. The van der Waals surface area contributed by atoms with Crippen molar-refractivity contribution in [2.75, 3.05) is 5.32 Å². The largest absolute Gasteiger partial charge is 0.433 e. The third-order valence-electron chi connectivity index (χ3n) is 3.84. The fourth-order valence-corrected chi connectivity index (χ4v) is 2.64. The van der Waals surface area contributed by atoms with Crippen LogP contribution in [-0.4, -0.2) is 19.9 Å². The Bertz CT molecular complexity index is 1110. The molecule has 0 saturated heterocycles. The van der Waals surface area contributed by atoms with Gasteiger partial charge in [0, 0.05) is 11.6 Å². The number of aromatic nitrogens is 3. The number of nitrogens with zero attached hydrogens (tertiary/aromatic N) is 4. The predicted octanol–water partition coefficient (Wildman–Crippen LogP) is 4.47. The van der Waals surface area contributed by atoms with E-state index in [2.05, 4.69) is 20.3 Å². The second-order valence-corrected chi connectivity index (χ2v) is 5.55. The summed E-state index contributed by atoms with van der Waals surface area (Å²) in [5.74, 6) is 0.753. The quantitative estimate of drug-likeness (QED) is 0.414. The summed E-state index contributed by atoms with van der Waals surface area (Å²) in [4.78, 5) is 23.1. The average molecular weight is 359 g/mol. The van der Waals surface area contributed by atoms with Crippen LogP contribution in [0.1, 0.15) is 0 Å². The Kier molecular flexibility index (Phi) is 4.28. The third kappa shape index (κ3) is 3.36. The summed E-state index contributed by atoms with van der Waals surface area (Å²) < 4.78 is 5.81. The fourth-order valence-electron chi connectivity index (χ4n) is 2.64. The van der Waals surface area contributed by atoms with Gasteiger partial charge in [0.15, 0.2) is 0 Å². The van der Waals surface area contributed by atoms with Crippen LogP contribution in [0.3, 0.4) is 0 Å². The molecule has 0 aliphatic carbocycles. The summed E-state index contributed by atoms with van der Waals surface area (Å²) in [5, 5.41) is 16.3. The van der Waals surface area contributed by atoms with Crippen molar-refractivity contribution >= 4 is 28.1 Å². The van der Waals surface area contributed by atoms with Crippen molar-refractivity contribution in [3.8, 4) is 11.6 Å². The van der Waals surface area contributed by atoms with Crippen LogP contribution in [0, 0.1) is 10.1 Å². The molecule has 0 spiro atoms. The molecule has 4 aromatic rings. The van der Waals surface area contributed by atoms with Crippen molar-refractivity contribution in [2.45, 2.75) is 0 Å². The Morgan fingerprint density at radius 3 is 2.56 bits per heavy atom. The average Bonchev–Trinajstić information content (AvgIpc) is 2.69. The maximum atomic E-state index is 11.7. The molecule has 2 aromatic carbocycles. The van der Waals surface area contributed by atoms with Crippen LogP contribution in [-0.2, 0) is 0 Å². The van der Waals surface area contributed by atoms with Crippen molar-refractivity contribution in [3.63, 3.8) is 0 Å². The molecule has 0 aliphatic heterocycles. The lowest BCUT2D eigenvalue weighted by Crippen LogP contribution is -2.04. The second kappa shape index (κ2) is 7.04. The number of rotatable bonds is 5. The van der Waals surface area contributed by atoms with Crippen LogP contribution in [0.15, 0.2) is 73.2 Å². The summed E-state index contributed by atoms with van der Waals surface area (Å²) in [7, 11) is 0. The summed E-state index contributed by atoms with van der Waals surface area (Å²) >= 11 is 0. The highest BCUT2D eigenvalue weighted by Crippen LogP contribution is 2.37. The van der Waals surface area contributed by atoms with E-state index in [9.17, 15) is 10.1 Å². The van der Waals surface area contributed by atoms with E-state index in [-0.39, 0.29) is 17.4 Å². The van der Waals surface area contributed by atoms with Crippen LogP contribution < -0.4 is 10.1 Å². The Balaban J connectivity index is 1.76. The molecular formula is C19H13N5O3. The molecule has 0 aliphatic rings. The van der Waals surface area contributed by atoms with Crippen LogP contribution in [0.25, 0.3) is 10.8 Å². The minimum Gasteiger partial charge on any atom is -0.433 e. The Morgan fingerprint density at radius 2 is 1.74 bits per heavy atom. The maximum Gasteiger partial charge on any atom is 0.373 e. The van der Waals surface area contributed by atoms with Gasteiger partial charge in [0.05, 0.1) is 4.92 Å². The van der Waals surface area contributed by atoms with Crippen molar-refractivity contribution in [1.82, 2.24) is 15.0 Å². The highest BCUT2D eigenvalue weighted by atomic mass is 16.6. The third-order valence-corrected chi connectivity index (χ3v) is 3.84. The molecule has 2 aromatic heterocycles. The number of hydrogen-bond donors (Lipinski definition) is 1. The van der Waals surface area contributed by atoms with Gasteiger partial charge in [-0.2, -0.15) is 4.98 Å². The van der Waals surface area contributed by atoms with Crippen LogP contribution in [0.5, 0.6) is 11.6 Å². The minimum absolute atomic E-state index is 0.00365. The van der Waals surface area contributed by atoms with E-state index in [4.69, 9.17) is 4.74 Å². The zero-order valence-corrected chi connectivity index (χ0v) is 13.9. The molecule has 0 saturated carbocycles. The molecule has 0 amide bonds. The summed E-state index contributed by atoms with van der Waals surface area (Å²) in [5.41, 5.74) is -0.365. The van der Waals surface area contributed by atoms with Crippen molar-refractivity contribution in [2.24, 2.45) is 0 Å². The Hall–Kier alpha value is -4.07. The van der Waals surface area contributed by atoms with Crippen LogP contribution in [0.4, 0.5) is 17.3 Å². The Labute approximate surface area is 153 Å². The lowest BCUT2D eigenvalue weighted by molar-refractivity contribution is -0.385. The van der Waals surface area contributed by atoms with E-state index < -0.39 is 4.92 Å². The summed E-state index contributed by atoms with van der Waals surface area (Å²) in [6.45, 7) is 0. The number of anilines is 2. The van der Waals surface area contributed by atoms with Crippen molar-refractivity contribution in [1.29, 1.82) is 0 Å². The number of ether oxygens (including phenoxy) is 1. The lowest BCUT2D eigenvalue weighted by atomic mass is 10.1. The normalized spacial score (nSPS) is 10.5. The van der Waals surface area contributed by atoms with Gasteiger partial charge >= 0.3 is 11.6 Å². The lowest BCUT2D eigenvalue weighted by Gasteiger charge is -2.10. The van der Waals surface area contributed by atoms with Gasteiger partial charge in [-0.1, -0.05) is 42.5 Å². The number of pyridine rings is 1. The molecule has 0 fully saturated rings. The van der Waals surface area contributed by atoms with Crippen molar-refractivity contribution in [3.05, 3.63) is 83.3 Å². The standard InChI is InChI=1S/C19H13N5O3/c25-24(26)17-18(23-16-10-3-4-11-20-16)21-12-22-19(17)27-15-9-5-7-13-6-1-2-8-14(13)15/h1-12H,(H,20,21,22,23). The predicted molar refractivity (Wildman–Crippen MR) is 100 cm³/mol. The van der Waals surface area contributed by atoms with Gasteiger partial charge in [-0.15, -0.1) is 0 Å². The van der Waals surface area contributed by atoms with Gasteiger partial charge in [-0.05, 0) is 23.6 Å². The summed E-state index contributed by atoms with van der Waals surface area (Å²) in [6, 6.07) is 18.3. The van der Waals surface area contributed by atoms with E-state index in [1.165, 1.54) is 6.33 Å². The van der Waals surface area contributed by atoms with Gasteiger partial charge < -0.3 is 10.1 Å². The zero-order chi connectivity index (χ0) is 18.6. The van der Waals surface area contributed by atoms with Crippen molar-refractivity contribution < 1.29 is 9.66 Å². The number of hydrogen-bond acceptors (Lipinski definition) is 7. The highest BCUT2D eigenvalue weighted by Gasteiger charge is 2.25. The molecule has 27 heavy (non-hydrogen) atoms. The van der Waals surface area contributed by atoms with E-state index in [0.29, 0.717) is 11.6 Å². The highest BCUT2D eigenvalue weighted by molar-refractivity contribution is 5.88. The smallest absolute Gasteiger partial charge is 0.373 e. The van der Waals surface area contributed by atoms with Crippen LogP contribution in [0.2, 0.25) is 0 Å². The topological polar surface area (TPSA) is 103 Å². The first-order valence-corrected chi connectivity index (χ1v) is 8.05. The molecule has 4 rings (SSSR count). The minimum atomic E-state index is -0.578. The first-order chi connectivity index (χ1) is 13.2.